The number of fused-ring (bicyclic) bond motifs is 2. The maximum absolute atomic E-state index is 12.2. The van der Waals surface area contributed by atoms with Gasteiger partial charge in [-0.1, -0.05) is 6.92 Å². The highest BCUT2D eigenvalue weighted by Gasteiger charge is 2.32. The molecule has 2 N–H and O–H groups in total. The predicted molar refractivity (Wildman–Crippen MR) is 127 cm³/mol. The van der Waals surface area contributed by atoms with E-state index in [1.54, 1.807) is 19.4 Å². The van der Waals surface area contributed by atoms with E-state index in [9.17, 15) is 4.79 Å². The summed E-state index contributed by atoms with van der Waals surface area (Å²) in [7, 11) is 1.64. The summed E-state index contributed by atoms with van der Waals surface area (Å²) < 4.78 is 16.8. The van der Waals surface area contributed by atoms with E-state index in [2.05, 4.69) is 4.98 Å². The standard InChI is InChI=1S/C26H30N4O4/c1-14-15(2)33-25(31)19-8-5-16(30-23(14)19)9-17-10-20-21(11-28-17)24(34-18-6-7-18)29-12-22(20)26(3,27)13-32-4/h5,8,10-12,14-15,18H,6-7,9,13,27H2,1-4H3/t14-,15+,26-/m1/s1. The lowest BCUT2D eigenvalue weighted by Crippen LogP contribution is -2.38. The highest BCUT2D eigenvalue weighted by Crippen LogP contribution is 2.35. The van der Waals surface area contributed by atoms with E-state index in [1.807, 2.05) is 39.1 Å². The van der Waals surface area contributed by atoms with Gasteiger partial charge in [0.1, 0.15) is 12.2 Å². The van der Waals surface area contributed by atoms with Crippen LogP contribution in [0, 0.1) is 0 Å². The molecule has 2 aliphatic rings. The van der Waals surface area contributed by atoms with Crippen molar-refractivity contribution in [1.29, 1.82) is 0 Å². The van der Waals surface area contributed by atoms with Crippen LogP contribution in [-0.4, -0.2) is 46.8 Å². The van der Waals surface area contributed by atoms with E-state index in [0.717, 1.165) is 46.3 Å². The lowest BCUT2D eigenvalue weighted by atomic mass is 9.91. The van der Waals surface area contributed by atoms with Crippen LogP contribution in [0.25, 0.3) is 10.8 Å². The Morgan fingerprint density at radius 3 is 2.68 bits per heavy atom. The molecule has 4 heterocycles. The Morgan fingerprint density at radius 1 is 1.15 bits per heavy atom. The zero-order valence-corrected chi connectivity index (χ0v) is 20.0. The smallest absolute Gasteiger partial charge is 0.340 e. The number of nitrogens with zero attached hydrogens (tertiary/aromatic N) is 3. The van der Waals surface area contributed by atoms with Crippen molar-refractivity contribution in [3.63, 3.8) is 0 Å². The van der Waals surface area contributed by atoms with Gasteiger partial charge in [-0.25, -0.2) is 9.78 Å². The topological polar surface area (TPSA) is 109 Å². The second kappa shape index (κ2) is 8.60. The molecule has 178 valence electrons. The van der Waals surface area contributed by atoms with Crippen LogP contribution in [0.15, 0.2) is 30.6 Å². The van der Waals surface area contributed by atoms with Crippen LogP contribution in [0.5, 0.6) is 5.88 Å². The lowest BCUT2D eigenvalue weighted by molar-refractivity contribution is 0.0234. The number of methoxy groups -OCH3 is 1. The summed E-state index contributed by atoms with van der Waals surface area (Å²) in [5.41, 5.74) is 9.77. The molecule has 1 fully saturated rings. The normalized spacial score (nSPS) is 21.6. The number of hydrogen-bond acceptors (Lipinski definition) is 8. The Balaban J connectivity index is 1.54. The molecule has 0 bridgehead atoms. The zero-order valence-electron chi connectivity index (χ0n) is 20.0. The van der Waals surface area contributed by atoms with Crippen molar-refractivity contribution in [2.45, 2.75) is 63.7 Å². The summed E-state index contributed by atoms with van der Waals surface area (Å²) in [6, 6.07) is 5.70. The van der Waals surface area contributed by atoms with Crippen molar-refractivity contribution >= 4 is 16.7 Å². The van der Waals surface area contributed by atoms with Crippen molar-refractivity contribution in [3.05, 3.63) is 58.8 Å². The van der Waals surface area contributed by atoms with Crippen LogP contribution in [0.3, 0.4) is 0 Å². The van der Waals surface area contributed by atoms with Gasteiger partial charge in [-0.15, -0.1) is 0 Å². The summed E-state index contributed by atoms with van der Waals surface area (Å²) in [5, 5.41) is 1.78. The third kappa shape index (κ3) is 4.23. The number of pyridine rings is 3. The van der Waals surface area contributed by atoms with Gasteiger partial charge < -0.3 is 19.9 Å². The number of carbonyl (C=O) groups excluding carboxylic acids is 1. The highest BCUT2D eigenvalue weighted by atomic mass is 16.5. The first-order valence-electron chi connectivity index (χ1n) is 11.7. The van der Waals surface area contributed by atoms with E-state index >= 15 is 0 Å². The first-order chi connectivity index (χ1) is 16.3. The Bertz CT molecular complexity index is 1260. The van der Waals surface area contributed by atoms with Crippen LogP contribution >= 0.6 is 0 Å². The van der Waals surface area contributed by atoms with Gasteiger partial charge in [0.15, 0.2) is 0 Å². The monoisotopic (exact) mass is 462 g/mol. The second-order valence-corrected chi connectivity index (χ2v) is 9.68. The first kappa shape index (κ1) is 22.7. The predicted octanol–water partition coefficient (Wildman–Crippen LogP) is 3.64. The van der Waals surface area contributed by atoms with Crippen LogP contribution in [0.4, 0.5) is 0 Å². The lowest BCUT2D eigenvalue weighted by Gasteiger charge is -2.27. The molecule has 3 aromatic heterocycles. The molecule has 8 nitrogen and oxygen atoms in total. The molecule has 3 atom stereocenters. The summed E-state index contributed by atoms with van der Waals surface area (Å²) in [4.78, 5) is 26.3. The zero-order chi connectivity index (χ0) is 24.0. The maximum Gasteiger partial charge on any atom is 0.340 e. The molecule has 0 unspecified atom stereocenters. The van der Waals surface area contributed by atoms with Crippen LogP contribution < -0.4 is 10.5 Å². The van der Waals surface area contributed by atoms with E-state index in [4.69, 9.17) is 29.9 Å². The van der Waals surface area contributed by atoms with Crippen molar-refractivity contribution in [2.75, 3.05) is 13.7 Å². The summed E-state index contributed by atoms with van der Waals surface area (Å²) in [5.74, 6) is 0.301. The Morgan fingerprint density at radius 2 is 1.94 bits per heavy atom. The fourth-order valence-corrected chi connectivity index (χ4v) is 4.40. The molecular formula is C26H30N4O4. The Kier molecular flexibility index (Phi) is 5.73. The molecule has 0 aromatic carbocycles. The average molecular weight is 463 g/mol. The van der Waals surface area contributed by atoms with E-state index in [1.165, 1.54) is 0 Å². The maximum atomic E-state index is 12.2. The molecule has 5 rings (SSSR count). The molecule has 8 heteroatoms. The number of ether oxygens (including phenoxy) is 3. The minimum atomic E-state index is -0.729. The quantitative estimate of drug-likeness (QED) is 0.530. The third-order valence-electron chi connectivity index (χ3n) is 6.65. The third-order valence-corrected chi connectivity index (χ3v) is 6.65. The minimum Gasteiger partial charge on any atom is -0.474 e. The summed E-state index contributed by atoms with van der Waals surface area (Å²) in [6.45, 7) is 6.20. The SMILES string of the molecule is COC[C@@](C)(N)c1cnc(OC2CC2)c2cnc(Cc3ccc4c(n3)[C@H](C)[C@H](C)OC4=O)cc12. The van der Waals surface area contributed by atoms with Gasteiger partial charge >= 0.3 is 5.97 Å². The van der Waals surface area contributed by atoms with Crippen molar-refractivity contribution in [2.24, 2.45) is 5.73 Å². The van der Waals surface area contributed by atoms with Crippen molar-refractivity contribution in [1.82, 2.24) is 15.0 Å². The average Bonchev–Trinajstić information content (AvgIpc) is 3.61. The fourth-order valence-electron chi connectivity index (χ4n) is 4.40. The molecule has 0 spiro atoms. The van der Waals surface area contributed by atoms with E-state index in [0.29, 0.717) is 24.5 Å². The van der Waals surface area contributed by atoms with Gasteiger partial charge in [0.05, 0.1) is 28.8 Å². The number of esters is 1. The molecule has 3 aromatic rings. The number of rotatable bonds is 7. The molecule has 0 radical (unpaired) electrons. The van der Waals surface area contributed by atoms with Crippen molar-refractivity contribution in [3.8, 4) is 5.88 Å². The van der Waals surface area contributed by atoms with Gasteiger partial charge in [-0.3, -0.25) is 9.97 Å². The van der Waals surface area contributed by atoms with Gasteiger partial charge in [-0.05, 0) is 50.3 Å². The highest BCUT2D eigenvalue weighted by molar-refractivity contribution is 5.92. The number of cyclic esters (lactones) is 1. The van der Waals surface area contributed by atoms with E-state index < -0.39 is 5.54 Å². The molecular weight excluding hydrogens is 432 g/mol. The molecule has 1 aliphatic heterocycles. The number of hydrogen-bond donors (Lipinski definition) is 1. The van der Waals surface area contributed by atoms with Gasteiger partial charge in [0, 0.05) is 48.8 Å². The summed E-state index contributed by atoms with van der Waals surface area (Å²) in [6.07, 6.45) is 6.22. The van der Waals surface area contributed by atoms with Gasteiger partial charge in [0.25, 0.3) is 0 Å². The van der Waals surface area contributed by atoms with Gasteiger partial charge in [0.2, 0.25) is 5.88 Å². The number of carbonyl (C=O) groups is 1. The largest absolute Gasteiger partial charge is 0.474 e. The Hall–Kier alpha value is -3.10. The fraction of sp³-hybridized carbons (Fsp3) is 0.462. The summed E-state index contributed by atoms with van der Waals surface area (Å²) >= 11 is 0. The number of nitrogens with two attached hydrogens (primary N) is 1. The minimum absolute atomic E-state index is 0.0315. The van der Waals surface area contributed by atoms with Crippen molar-refractivity contribution < 1.29 is 19.0 Å². The van der Waals surface area contributed by atoms with Crippen LogP contribution in [0.2, 0.25) is 0 Å². The van der Waals surface area contributed by atoms with Crippen LogP contribution in [0.1, 0.15) is 72.5 Å². The Labute approximate surface area is 198 Å². The second-order valence-electron chi connectivity index (χ2n) is 9.68. The first-order valence-corrected chi connectivity index (χ1v) is 11.7. The van der Waals surface area contributed by atoms with E-state index in [-0.39, 0.29) is 24.1 Å². The molecule has 0 saturated heterocycles. The molecule has 0 amide bonds. The van der Waals surface area contributed by atoms with Crippen LogP contribution in [-0.2, 0) is 21.4 Å². The molecule has 1 saturated carbocycles. The molecule has 1 aliphatic carbocycles. The van der Waals surface area contributed by atoms with Gasteiger partial charge in [-0.2, -0.15) is 0 Å². The number of aromatic nitrogens is 3. The molecule has 34 heavy (non-hydrogen) atoms.